The molecule has 0 atom stereocenters. The van der Waals surface area contributed by atoms with E-state index >= 15 is 0 Å². The Bertz CT molecular complexity index is 390. The molecule has 0 unspecified atom stereocenters. The summed E-state index contributed by atoms with van der Waals surface area (Å²) in [6.07, 6.45) is 1.96. The fraction of sp³-hybridized carbons (Fsp3) is 0.364. The van der Waals surface area contributed by atoms with Crippen LogP contribution >= 0.6 is 15.9 Å². The van der Waals surface area contributed by atoms with Gasteiger partial charge in [0.05, 0.1) is 0 Å². The minimum atomic E-state index is -0.283. The zero-order valence-electron chi connectivity index (χ0n) is 8.09. The van der Waals surface area contributed by atoms with Crippen LogP contribution in [0.25, 0.3) is 0 Å². The van der Waals surface area contributed by atoms with Crippen LogP contribution in [-0.2, 0) is 11.3 Å². The van der Waals surface area contributed by atoms with Gasteiger partial charge in [-0.15, -0.1) is 0 Å². The number of carbonyl (C=O) groups excluding carboxylic acids is 1. The molecule has 0 radical (unpaired) electrons. The maximum absolute atomic E-state index is 12.9. The van der Waals surface area contributed by atoms with E-state index in [1.165, 1.54) is 12.1 Å². The quantitative estimate of drug-likeness (QED) is 0.900. The summed E-state index contributed by atoms with van der Waals surface area (Å²) in [7, 11) is 0. The van der Waals surface area contributed by atoms with Gasteiger partial charge in [0.15, 0.2) is 0 Å². The highest BCUT2D eigenvalue weighted by Crippen LogP contribution is 2.29. The smallest absolute Gasteiger partial charge is 0.223 e. The molecule has 0 heterocycles. The molecule has 2 nitrogen and oxygen atoms in total. The first-order chi connectivity index (χ1) is 7.16. The molecular formula is C11H11BrFNO. The lowest BCUT2D eigenvalue weighted by molar-refractivity contribution is -0.122. The lowest BCUT2D eigenvalue weighted by Gasteiger charge is -2.06. The lowest BCUT2D eigenvalue weighted by Crippen LogP contribution is -2.24. The second-order valence-electron chi connectivity index (χ2n) is 3.73. The first kappa shape index (κ1) is 10.6. The minimum Gasteiger partial charge on any atom is -0.352 e. The monoisotopic (exact) mass is 271 g/mol. The van der Waals surface area contributed by atoms with Gasteiger partial charge in [-0.1, -0.05) is 15.9 Å². The molecule has 0 aliphatic heterocycles. The number of nitrogens with one attached hydrogen (secondary N) is 1. The number of rotatable bonds is 3. The molecule has 1 aliphatic rings. The summed E-state index contributed by atoms with van der Waals surface area (Å²) >= 11 is 3.32. The second kappa shape index (κ2) is 4.31. The van der Waals surface area contributed by atoms with Crippen molar-refractivity contribution in [3.8, 4) is 0 Å². The van der Waals surface area contributed by atoms with E-state index in [1.807, 2.05) is 0 Å². The van der Waals surface area contributed by atoms with Crippen LogP contribution in [0.1, 0.15) is 18.4 Å². The van der Waals surface area contributed by atoms with E-state index in [-0.39, 0.29) is 17.6 Å². The molecule has 0 aromatic heterocycles. The van der Waals surface area contributed by atoms with Crippen molar-refractivity contribution in [3.63, 3.8) is 0 Å². The predicted octanol–water partition coefficient (Wildman–Crippen LogP) is 2.61. The first-order valence-corrected chi connectivity index (χ1v) is 5.68. The normalized spacial score (nSPS) is 15.1. The van der Waals surface area contributed by atoms with Gasteiger partial charge in [0.2, 0.25) is 5.91 Å². The summed E-state index contributed by atoms with van der Waals surface area (Å²) in [4.78, 5) is 11.4. The van der Waals surface area contributed by atoms with Crippen LogP contribution in [0.15, 0.2) is 22.7 Å². The highest BCUT2D eigenvalue weighted by molar-refractivity contribution is 9.10. The average molecular weight is 272 g/mol. The van der Waals surface area contributed by atoms with Crippen LogP contribution in [0.3, 0.4) is 0 Å². The fourth-order valence-electron chi connectivity index (χ4n) is 1.35. The van der Waals surface area contributed by atoms with Crippen molar-refractivity contribution >= 4 is 21.8 Å². The number of hydrogen-bond acceptors (Lipinski definition) is 1. The van der Waals surface area contributed by atoms with E-state index < -0.39 is 0 Å². The molecule has 1 saturated carbocycles. The Morgan fingerprint density at radius 2 is 2.27 bits per heavy atom. The zero-order valence-corrected chi connectivity index (χ0v) is 9.68. The van der Waals surface area contributed by atoms with Gasteiger partial charge in [-0.25, -0.2) is 4.39 Å². The van der Waals surface area contributed by atoms with Crippen LogP contribution in [0.2, 0.25) is 0 Å². The van der Waals surface area contributed by atoms with Crippen LogP contribution in [0.4, 0.5) is 4.39 Å². The van der Waals surface area contributed by atoms with E-state index in [4.69, 9.17) is 0 Å². The van der Waals surface area contributed by atoms with E-state index in [1.54, 1.807) is 6.07 Å². The largest absolute Gasteiger partial charge is 0.352 e. The molecule has 0 bridgehead atoms. The molecule has 0 spiro atoms. The highest BCUT2D eigenvalue weighted by Gasteiger charge is 2.29. The molecule has 1 aromatic rings. The summed E-state index contributed by atoms with van der Waals surface area (Å²) < 4.78 is 13.7. The van der Waals surface area contributed by atoms with Crippen molar-refractivity contribution in [2.24, 2.45) is 5.92 Å². The van der Waals surface area contributed by atoms with Gasteiger partial charge in [-0.05, 0) is 36.6 Å². The maximum atomic E-state index is 12.9. The van der Waals surface area contributed by atoms with Gasteiger partial charge >= 0.3 is 0 Å². The molecule has 4 heteroatoms. The van der Waals surface area contributed by atoms with Gasteiger partial charge in [-0.3, -0.25) is 4.79 Å². The number of hydrogen-bond donors (Lipinski definition) is 1. The van der Waals surface area contributed by atoms with Crippen molar-refractivity contribution in [1.29, 1.82) is 0 Å². The fourth-order valence-corrected chi connectivity index (χ4v) is 1.74. The summed E-state index contributed by atoms with van der Waals surface area (Å²) in [6.45, 7) is 0.383. The Balaban J connectivity index is 1.97. The van der Waals surface area contributed by atoms with Crippen LogP contribution < -0.4 is 5.32 Å². The molecular weight excluding hydrogens is 261 g/mol. The average Bonchev–Trinajstić information content (AvgIpc) is 3.02. The zero-order chi connectivity index (χ0) is 10.8. The second-order valence-corrected chi connectivity index (χ2v) is 4.58. The molecule has 1 amide bonds. The summed E-state index contributed by atoms with van der Waals surface area (Å²) in [6, 6.07) is 4.46. The van der Waals surface area contributed by atoms with Crippen molar-refractivity contribution in [2.45, 2.75) is 19.4 Å². The number of benzene rings is 1. The standard InChI is InChI=1S/C11H11BrFNO/c12-10-4-3-9(13)5-8(10)6-14-11(15)7-1-2-7/h3-5,7H,1-2,6H2,(H,14,15). The third-order valence-corrected chi connectivity index (χ3v) is 3.18. The van der Waals surface area contributed by atoms with Crippen molar-refractivity contribution in [3.05, 3.63) is 34.1 Å². The van der Waals surface area contributed by atoms with Gasteiger partial charge in [0.25, 0.3) is 0 Å². The van der Waals surface area contributed by atoms with Crippen molar-refractivity contribution < 1.29 is 9.18 Å². The van der Waals surface area contributed by atoms with Crippen LogP contribution in [-0.4, -0.2) is 5.91 Å². The van der Waals surface area contributed by atoms with Gasteiger partial charge < -0.3 is 5.32 Å². The van der Waals surface area contributed by atoms with Gasteiger partial charge in [0, 0.05) is 16.9 Å². The Morgan fingerprint density at radius 3 is 2.93 bits per heavy atom. The van der Waals surface area contributed by atoms with Gasteiger partial charge in [0.1, 0.15) is 5.82 Å². The summed E-state index contributed by atoms with van der Waals surface area (Å²) in [5, 5.41) is 2.79. The SMILES string of the molecule is O=C(NCc1cc(F)ccc1Br)C1CC1. The molecule has 1 fully saturated rings. The number of amides is 1. The number of carbonyl (C=O) groups is 1. The number of halogens is 2. The molecule has 1 aliphatic carbocycles. The van der Waals surface area contributed by atoms with E-state index in [0.29, 0.717) is 6.54 Å². The van der Waals surface area contributed by atoms with Crippen molar-refractivity contribution in [1.82, 2.24) is 5.32 Å². The highest BCUT2D eigenvalue weighted by atomic mass is 79.9. The molecule has 1 N–H and O–H groups in total. The molecule has 80 valence electrons. The molecule has 2 rings (SSSR count). The Morgan fingerprint density at radius 1 is 1.53 bits per heavy atom. The third kappa shape index (κ3) is 2.78. The van der Waals surface area contributed by atoms with Crippen molar-refractivity contribution in [2.75, 3.05) is 0 Å². The van der Waals surface area contributed by atoms with E-state index in [0.717, 1.165) is 22.9 Å². The molecule has 0 saturated heterocycles. The maximum Gasteiger partial charge on any atom is 0.223 e. The van der Waals surface area contributed by atoms with Crippen LogP contribution in [0, 0.1) is 11.7 Å². The topological polar surface area (TPSA) is 29.1 Å². The summed E-state index contributed by atoms with van der Waals surface area (Å²) in [5.74, 6) is -0.0163. The minimum absolute atomic E-state index is 0.0751. The third-order valence-electron chi connectivity index (χ3n) is 2.41. The van der Waals surface area contributed by atoms with E-state index in [2.05, 4.69) is 21.2 Å². The Hall–Kier alpha value is -0.900. The molecule has 1 aromatic carbocycles. The Labute approximate surface area is 96.0 Å². The lowest BCUT2D eigenvalue weighted by atomic mass is 10.2. The Kier molecular flexibility index (Phi) is 3.05. The predicted molar refractivity (Wildman–Crippen MR) is 58.7 cm³/mol. The first-order valence-electron chi connectivity index (χ1n) is 4.88. The molecule has 15 heavy (non-hydrogen) atoms. The van der Waals surface area contributed by atoms with Crippen LogP contribution in [0.5, 0.6) is 0 Å². The summed E-state index contributed by atoms with van der Waals surface area (Å²) in [5.41, 5.74) is 0.768. The van der Waals surface area contributed by atoms with Gasteiger partial charge in [-0.2, -0.15) is 0 Å². The van der Waals surface area contributed by atoms with E-state index in [9.17, 15) is 9.18 Å².